The standard InChI is InChI=1S/C26H31F2N3O4S/c1-16(25(2,3)34)30-21-14-17(22(32)29-26(4)10-12-36-13-11-26)8-9-20(21)31(24(30)33)18-6-5-7-19(15-18)35-23(27)28/h5-9,14-16,23,34H,10-13H2,1-4H3,(H,29,32). The van der Waals surface area contributed by atoms with Crippen LogP contribution in [-0.2, 0) is 0 Å². The van der Waals surface area contributed by atoms with E-state index in [1.54, 1.807) is 45.0 Å². The van der Waals surface area contributed by atoms with Gasteiger partial charge in [0, 0.05) is 17.2 Å². The van der Waals surface area contributed by atoms with Crippen LogP contribution in [0, 0.1) is 0 Å². The molecule has 0 radical (unpaired) electrons. The molecule has 1 fully saturated rings. The van der Waals surface area contributed by atoms with Gasteiger partial charge in [0.05, 0.1) is 28.4 Å². The molecule has 0 aliphatic carbocycles. The van der Waals surface area contributed by atoms with Gasteiger partial charge in [-0.05, 0) is 82.4 Å². The number of carbonyl (C=O) groups is 1. The first-order valence-corrected chi connectivity index (χ1v) is 13.0. The van der Waals surface area contributed by atoms with E-state index < -0.39 is 23.9 Å². The zero-order valence-corrected chi connectivity index (χ0v) is 21.6. The number of carbonyl (C=O) groups excluding carboxylic acids is 1. The smallest absolute Gasteiger partial charge is 0.387 e. The third kappa shape index (κ3) is 5.29. The Bertz CT molecular complexity index is 1320. The zero-order valence-electron chi connectivity index (χ0n) is 20.8. The van der Waals surface area contributed by atoms with Gasteiger partial charge in [-0.25, -0.2) is 4.79 Å². The molecule has 2 aromatic carbocycles. The van der Waals surface area contributed by atoms with Crippen molar-refractivity contribution in [3.63, 3.8) is 0 Å². The van der Waals surface area contributed by atoms with Crippen molar-refractivity contribution < 1.29 is 23.4 Å². The minimum Gasteiger partial charge on any atom is -0.435 e. The van der Waals surface area contributed by atoms with Gasteiger partial charge in [-0.1, -0.05) is 6.07 Å². The number of halogens is 2. The summed E-state index contributed by atoms with van der Waals surface area (Å²) in [6.07, 6.45) is 1.75. The highest BCUT2D eigenvalue weighted by atomic mass is 32.2. The summed E-state index contributed by atoms with van der Waals surface area (Å²) in [7, 11) is 0. The lowest BCUT2D eigenvalue weighted by Gasteiger charge is -2.34. The van der Waals surface area contributed by atoms with Crippen LogP contribution < -0.4 is 15.7 Å². The van der Waals surface area contributed by atoms with Crippen LogP contribution in [0.25, 0.3) is 16.7 Å². The molecule has 0 spiro atoms. The van der Waals surface area contributed by atoms with Crippen molar-refractivity contribution in [2.75, 3.05) is 11.5 Å². The lowest BCUT2D eigenvalue weighted by molar-refractivity contribution is -0.0498. The maximum atomic E-state index is 13.7. The number of rotatable bonds is 7. The number of hydrogen-bond acceptors (Lipinski definition) is 5. The van der Waals surface area contributed by atoms with Crippen molar-refractivity contribution in [1.82, 2.24) is 14.5 Å². The van der Waals surface area contributed by atoms with Crippen LogP contribution in [-0.4, -0.2) is 49.4 Å². The van der Waals surface area contributed by atoms with Crippen molar-refractivity contribution in [3.05, 3.63) is 58.5 Å². The molecule has 1 aliphatic heterocycles. The van der Waals surface area contributed by atoms with Crippen molar-refractivity contribution in [1.29, 1.82) is 0 Å². The Labute approximate surface area is 212 Å². The highest BCUT2D eigenvalue weighted by molar-refractivity contribution is 7.99. The molecule has 7 nitrogen and oxygen atoms in total. The molecule has 1 unspecified atom stereocenters. The predicted octanol–water partition coefficient (Wildman–Crippen LogP) is 4.74. The van der Waals surface area contributed by atoms with E-state index in [2.05, 4.69) is 10.1 Å². The number of fused-ring (bicyclic) bond motifs is 1. The number of amides is 1. The molecular formula is C26H31F2N3O4S. The minimum atomic E-state index is -3.00. The summed E-state index contributed by atoms with van der Waals surface area (Å²) >= 11 is 1.87. The Morgan fingerprint density at radius 2 is 1.86 bits per heavy atom. The molecule has 2 N–H and O–H groups in total. The molecule has 3 aromatic rings. The average molecular weight is 520 g/mol. The molecule has 1 aliphatic rings. The Morgan fingerprint density at radius 1 is 1.17 bits per heavy atom. The molecule has 1 saturated heterocycles. The van der Waals surface area contributed by atoms with Gasteiger partial charge in [-0.15, -0.1) is 0 Å². The molecule has 0 saturated carbocycles. The molecule has 2 heterocycles. The van der Waals surface area contributed by atoms with Crippen LogP contribution in [0.5, 0.6) is 5.75 Å². The number of nitrogens with zero attached hydrogens (tertiary/aromatic N) is 2. The summed E-state index contributed by atoms with van der Waals surface area (Å²) in [5.74, 6) is 1.65. The molecule has 0 bridgehead atoms. The Kier molecular flexibility index (Phi) is 7.21. The highest BCUT2D eigenvalue weighted by Crippen LogP contribution is 2.30. The first kappa shape index (κ1) is 26.2. The fraction of sp³-hybridized carbons (Fsp3) is 0.462. The second kappa shape index (κ2) is 9.89. The number of nitrogens with one attached hydrogen (secondary N) is 1. The monoisotopic (exact) mass is 519 g/mol. The molecule has 1 aromatic heterocycles. The van der Waals surface area contributed by atoms with Gasteiger partial charge < -0.3 is 15.2 Å². The van der Waals surface area contributed by atoms with Crippen molar-refractivity contribution in [2.45, 2.75) is 64.3 Å². The summed E-state index contributed by atoms with van der Waals surface area (Å²) < 4.78 is 32.9. The number of imidazole rings is 1. The summed E-state index contributed by atoms with van der Waals surface area (Å²) in [6, 6.07) is 10.2. The molecule has 194 valence electrons. The first-order valence-electron chi connectivity index (χ1n) is 11.8. The van der Waals surface area contributed by atoms with Gasteiger partial charge in [0.15, 0.2) is 0 Å². The van der Waals surface area contributed by atoms with E-state index in [9.17, 15) is 23.5 Å². The summed E-state index contributed by atoms with van der Waals surface area (Å²) in [4.78, 5) is 26.9. The largest absolute Gasteiger partial charge is 0.435 e. The van der Waals surface area contributed by atoms with E-state index in [-0.39, 0.29) is 17.2 Å². The Morgan fingerprint density at radius 3 is 2.50 bits per heavy atom. The van der Waals surface area contributed by atoms with Gasteiger partial charge in [0.2, 0.25) is 0 Å². The second-order valence-electron chi connectivity index (χ2n) is 10.0. The topological polar surface area (TPSA) is 85.5 Å². The Hall–Kier alpha value is -2.85. The highest BCUT2D eigenvalue weighted by Gasteiger charge is 2.31. The SMILES string of the molecule is CC(n1c(=O)n(-c2cccc(OC(F)F)c2)c2ccc(C(=O)NC3(C)CCSCC3)cc21)C(C)(C)O. The van der Waals surface area contributed by atoms with Crippen molar-refractivity contribution in [2.24, 2.45) is 0 Å². The third-order valence-corrected chi connectivity index (χ3v) is 7.84. The fourth-order valence-electron chi connectivity index (χ4n) is 4.39. The first-order chi connectivity index (χ1) is 16.9. The van der Waals surface area contributed by atoms with E-state index in [1.165, 1.54) is 27.3 Å². The van der Waals surface area contributed by atoms with E-state index in [0.29, 0.717) is 22.3 Å². The van der Waals surface area contributed by atoms with Crippen molar-refractivity contribution >= 4 is 28.7 Å². The van der Waals surface area contributed by atoms with Crippen LogP contribution in [0.2, 0.25) is 0 Å². The molecule has 1 amide bonds. The second-order valence-corrected chi connectivity index (χ2v) is 11.2. The maximum Gasteiger partial charge on any atom is 0.387 e. The number of aromatic nitrogens is 2. The summed E-state index contributed by atoms with van der Waals surface area (Å²) in [5.41, 5.74) is -0.375. The number of hydrogen-bond donors (Lipinski definition) is 2. The molecular weight excluding hydrogens is 488 g/mol. The molecule has 4 rings (SSSR count). The van der Waals surface area contributed by atoms with Crippen molar-refractivity contribution in [3.8, 4) is 11.4 Å². The van der Waals surface area contributed by atoms with Gasteiger partial charge in [-0.2, -0.15) is 20.5 Å². The predicted molar refractivity (Wildman–Crippen MR) is 138 cm³/mol. The van der Waals surface area contributed by atoms with E-state index in [0.717, 1.165) is 24.3 Å². The van der Waals surface area contributed by atoms with Gasteiger partial charge in [0.1, 0.15) is 5.75 Å². The van der Waals surface area contributed by atoms with Crippen LogP contribution in [0.1, 0.15) is 56.9 Å². The third-order valence-electron chi connectivity index (χ3n) is 6.86. The Balaban J connectivity index is 1.84. The van der Waals surface area contributed by atoms with E-state index >= 15 is 0 Å². The number of thioether (sulfide) groups is 1. The zero-order chi connectivity index (χ0) is 26.3. The van der Waals surface area contributed by atoms with Gasteiger partial charge >= 0.3 is 12.3 Å². The number of aliphatic hydroxyl groups is 1. The van der Waals surface area contributed by atoms with E-state index in [4.69, 9.17) is 0 Å². The van der Waals surface area contributed by atoms with Crippen LogP contribution in [0.3, 0.4) is 0 Å². The number of benzene rings is 2. The number of alkyl halides is 2. The molecule has 1 atom stereocenters. The molecule has 36 heavy (non-hydrogen) atoms. The van der Waals surface area contributed by atoms with Crippen LogP contribution >= 0.6 is 11.8 Å². The summed E-state index contributed by atoms with van der Waals surface area (Å²) in [5, 5.41) is 13.9. The average Bonchev–Trinajstić information content (AvgIpc) is 3.08. The lowest BCUT2D eigenvalue weighted by atomic mass is 9.94. The molecule has 10 heteroatoms. The lowest BCUT2D eigenvalue weighted by Crippen LogP contribution is -2.48. The van der Waals surface area contributed by atoms with E-state index in [1.807, 2.05) is 18.7 Å². The van der Waals surface area contributed by atoms with Crippen LogP contribution in [0.4, 0.5) is 8.78 Å². The van der Waals surface area contributed by atoms with Gasteiger partial charge in [-0.3, -0.25) is 13.9 Å². The summed E-state index contributed by atoms with van der Waals surface area (Å²) in [6.45, 7) is 3.96. The van der Waals surface area contributed by atoms with Crippen LogP contribution in [0.15, 0.2) is 47.3 Å². The van der Waals surface area contributed by atoms with Gasteiger partial charge in [0.25, 0.3) is 5.91 Å². The maximum absolute atomic E-state index is 13.7. The quantitative estimate of drug-likeness (QED) is 0.471. The normalized spacial score (nSPS) is 16.8. The number of ether oxygens (including phenoxy) is 1. The minimum absolute atomic E-state index is 0.0827. The fourth-order valence-corrected chi connectivity index (χ4v) is 5.79.